The maximum absolute atomic E-state index is 4.49. The molecule has 0 aliphatic carbocycles. The van der Waals surface area contributed by atoms with Gasteiger partial charge >= 0.3 is 0 Å². The van der Waals surface area contributed by atoms with Crippen LogP contribution < -0.4 is 0 Å². The lowest BCUT2D eigenvalue weighted by Gasteiger charge is -1.96. The predicted molar refractivity (Wildman–Crippen MR) is 79.5 cm³/mol. The van der Waals surface area contributed by atoms with Gasteiger partial charge in [0.25, 0.3) is 0 Å². The van der Waals surface area contributed by atoms with Gasteiger partial charge in [-0.3, -0.25) is 4.99 Å². The van der Waals surface area contributed by atoms with E-state index in [1.807, 2.05) is 0 Å². The van der Waals surface area contributed by atoms with Crippen molar-refractivity contribution in [2.75, 3.05) is 6.54 Å². The summed E-state index contributed by atoms with van der Waals surface area (Å²) in [5.41, 5.74) is 2.59. The van der Waals surface area contributed by atoms with Crippen molar-refractivity contribution in [3.8, 4) is 0 Å². The lowest BCUT2D eigenvalue weighted by atomic mass is 10.1. The number of rotatable bonds is 7. The number of unbranched alkanes of at least 4 members (excludes halogenated alkanes) is 3. The van der Waals surface area contributed by atoms with E-state index in [9.17, 15) is 0 Å². The molecule has 18 heavy (non-hydrogen) atoms. The van der Waals surface area contributed by atoms with Crippen molar-refractivity contribution in [2.24, 2.45) is 4.99 Å². The van der Waals surface area contributed by atoms with Crippen molar-refractivity contribution in [3.05, 3.63) is 36.0 Å². The van der Waals surface area contributed by atoms with Gasteiger partial charge in [-0.15, -0.1) is 0 Å². The summed E-state index contributed by atoms with van der Waals surface area (Å²) in [6.45, 7) is 3.13. The van der Waals surface area contributed by atoms with Crippen molar-refractivity contribution < 1.29 is 0 Å². The smallest absolute Gasteiger partial charge is 0.0456 e. The summed E-state index contributed by atoms with van der Waals surface area (Å²) in [5.74, 6) is 0. The fourth-order valence-electron chi connectivity index (χ4n) is 2.19. The van der Waals surface area contributed by atoms with Crippen LogP contribution in [0.25, 0.3) is 10.9 Å². The fraction of sp³-hybridized carbons (Fsp3) is 0.438. The molecule has 0 atom stereocenters. The lowest BCUT2D eigenvalue weighted by Crippen LogP contribution is -1.89. The monoisotopic (exact) mass is 242 g/mol. The number of para-hydroxylation sites is 1. The summed E-state index contributed by atoms with van der Waals surface area (Å²) in [7, 11) is 0. The van der Waals surface area contributed by atoms with Crippen LogP contribution in [0.15, 0.2) is 35.5 Å². The Labute approximate surface area is 109 Å². The molecule has 0 aliphatic heterocycles. The van der Waals surface area contributed by atoms with Gasteiger partial charge < -0.3 is 4.98 Å². The molecule has 2 aromatic rings. The second kappa shape index (κ2) is 7.00. The molecular weight excluding hydrogens is 220 g/mol. The van der Waals surface area contributed by atoms with Crippen molar-refractivity contribution in [1.29, 1.82) is 0 Å². The second-order valence-electron chi connectivity index (χ2n) is 4.69. The van der Waals surface area contributed by atoms with E-state index in [1.165, 1.54) is 35.7 Å². The van der Waals surface area contributed by atoms with Crippen molar-refractivity contribution in [2.45, 2.75) is 39.0 Å². The van der Waals surface area contributed by atoms with Crippen LogP contribution in [0.4, 0.5) is 0 Å². The summed E-state index contributed by atoms with van der Waals surface area (Å²) in [6.07, 6.45) is 10.2. The molecule has 2 nitrogen and oxygen atoms in total. The molecular formula is C16H22N2. The SMILES string of the molecule is CCCCCC=NCCc1c[nH]c2ccccc12. The number of nitrogens with zero attached hydrogens (tertiary/aromatic N) is 1. The molecule has 0 fully saturated rings. The number of H-pyrrole nitrogens is 1. The highest BCUT2D eigenvalue weighted by molar-refractivity contribution is 5.83. The van der Waals surface area contributed by atoms with Gasteiger partial charge in [0, 0.05) is 23.6 Å². The summed E-state index contributed by atoms with van der Waals surface area (Å²) in [6, 6.07) is 8.45. The topological polar surface area (TPSA) is 28.1 Å². The Kier molecular flexibility index (Phi) is 5.00. The molecule has 0 unspecified atom stereocenters. The zero-order valence-electron chi connectivity index (χ0n) is 11.2. The molecule has 0 aliphatic rings. The molecule has 0 saturated heterocycles. The van der Waals surface area contributed by atoms with E-state index < -0.39 is 0 Å². The minimum atomic E-state index is 0.897. The third kappa shape index (κ3) is 3.46. The van der Waals surface area contributed by atoms with Crippen LogP contribution in [0, 0.1) is 0 Å². The van der Waals surface area contributed by atoms with E-state index >= 15 is 0 Å². The van der Waals surface area contributed by atoms with Crippen molar-refractivity contribution in [3.63, 3.8) is 0 Å². The molecule has 2 heteroatoms. The Hall–Kier alpha value is -1.57. The second-order valence-corrected chi connectivity index (χ2v) is 4.69. The number of aliphatic imine (C=N–C) groups is 1. The Bertz CT molecular complexity index is 497. The molecule has 2 rings (SSSR count). The molecule has 0 saturated carbocycles. The Morgan fingerprint density at radius 2 is 2.11 bits per heavy atom. The average Bonchev–Trinajstić information content (AvgIpc) is 2.81. The average molecular weight is 242 g/mol. The normalized spacial score (nSPS) is 11.6. The molecule has 1 heterocycles. The van der Waals surface area contributed by atoms with Crippen LogP contribution in [0.1, 0.15) is 38.2 Å². The summed E-state index contributed by atoms with van der Waals surface area (Å²) < 4.78 is 0. The number of fused-ring (bicyclic) bond motifs is 1. The first-order chi connectivity index (χ1) is 8.92. The van der Waals surface area contributed by atoms with E-state index in [0.29, 0.717) is 0 Å². The molecule has 0 bridgehead atoms. The van der Waals surface area contributed by atoms with E-state index in [2.05, 4.69) is 53.6 Å². The number of aromatic amines is 1. The van der Waals surface area contributed by atoms with Crippen LogP contribution in [0.2, 0.25) is 0 Å². The van der Waals surface area contributed by atoms with Gasteiger partial charge in [-0.1, -0.05) is 38.0 Å². The van der Waals surface area contributed by atoms with E-state index in [0.717, 1.165) is 19.4 Å². The van der Waals surface area contributed by atoms with Crippen LogP contribution in [-0.4, -0.2) is 17.7 Å². The largest absolute Gasteiger partial charge is 0.361 e. The standard InChI is InChI=1S/C16H22N2/c1-2-3-4-7-11-17-12-10-14-13-18-16-9-6-5-8-15(14)16/h5-6,8-9,11,13,18H,2-4,7,10,12H2,1H3. The Balaban J connectivity index is 1.80. The Morgan fingerprint density at radius 3 is 3.00 bits per heavy atom. The van der Waals surface area contributed by atoms with E-state index in [-0.39, 0.29) is 0 Å². The molecule has 1 N–H and O–H groups in total. The van der Waals surface area contributed by atoms with E-state index in [1.54, 1.807) is 0 Å². The third-order valence-electron chi connectivity index (χ3n) is 3.25. The number of benzene rings is 1. The molecule has 0 radical (unpaired) electrons. The summed E-state index contributed by atoms with van der Waals surface area (Å²) in [5, 5.41) is 1.33. The third-order valence-corrected chi connectivity index (χ3v) is 3.25. The first-order valence-electron chi connectivity index (χ1n) is 6.95. The van der Waals surface area contributed by atoms with Gasteiger partial charge in [0.15, 0.2) is 0 Å². The van der Waals surface area contributed by atoms with Crippen molar-refractivity contribution >= 4 is 17.1 Å². The van der Waals surface area contributed by atoms with Crippen molar-refractivity contribution in [1.82, 2.24) is 4.98 Å². The Morgan fingerprint density at radius 1 is 1.22 bits per heavy atom. The number of aromatic nitrogens is 1. The minimum Gasteiger partial charge on any atom is -0.361 e. The molecule has 1 aromatic carbocycles. The maximum atomic E-state index is 4.49. The van der Waals surface area contributed by atoms with Crippen LogP contribution >= 0.6 is 0 Å². The number of nitrogens with one attached hydrogen (secondary N) is 1. The lowest BCUT2D eigenvalue weighted by molar-refractivity contribution is 0.745. The van der Waals surface area contributed by atoms with Crippen LogP contribution in [0.3, 0.4) is 0 Å². The maximum Gasteiger partial charge on any atom is 0.0456 e. The van der Waals surface area contributed by atoms with Gasteiger partial charge in [0.2, 0.25) is 0 Å². The summed E-state index contributed by atoms with van der Waals surface area (Å²) >= 11 is 0. The molecule has 0 amide bonds. The number of hydrogen-bond acceptors (Lipinski definition) is 1. The van der Waals surface area contributed by atoms with Gasteiger partial charge in [-0.25, -0.2) is 0 Å². The quantitative estimate of drug-likeness (QED) is 0.552. The highest BCUT2D eigenvalue weighted by Gasteiger charge is 2.00. The predicted octanol–water partition coefficient (Wildman–Crippen LogP) is 4.36. The van der Waals surface area contributed by atoms with Gasteiger partial charge in [-0.2, -0.15) is 0 Å². The minimum absolute atomic E-state index is 0.897. The molecule has 1 aromatic heterocycles. The van der Waals surface area contributed by atoms with Gasteiger partial charge in [0.1, 0.15) is 0 Å². The van der Waals surface area contributed by atoms with Gasteiger partial charge in [-0.05, 0) is 37.1 Å². The highest BCUT2D eigenvalue weighted by atomic mass is 14.7. The number of hydrogen-bond donors (Lipinski definition) is 1. The van der Waals surface area contributed by atoms with Crippen LogP contribution in [-0.2, 0) is 6.42 Å². The van der Waals surface area contributed by atoms with E-state index in [4.69, 9.17) is 0 Å². The molecule has 96 valence electrons. The first kappa shape index (κ1) is 12.9. The van der Waals surface area contributed by atoms with Gasteiger partial charge in [0.05, 0.1) is 0 Å². The summed E-state index contributed by atoms with van der Waals surface area (Å²) in [4.78, 5) is 7.79. The fourth-order valence-corrected chi connectivity index (χ4v) is 2.19. The zero-order valence-corrected chi connectivity index (χ0v) is 11.2. The first-order valence-corrected chi connectivity index (χ1v) is 6.95. The highest BCUT2D eigenvalue weighted by Crippen LogP contribution is 2.17. The van der Waals surface area contributed by atoms with Crippen LogP contribution in [0.5, 0.6) is 0 Å². The molecule has 0 spiro atoms. The zero-order chi connectivity index (χ0) is 12.6.